The molecule has 1 amide bonds. The number of piperazine rings is 1. The first-order valence-corrected chi connectivity index (χ1v) is 10.1. The number of rotatable bonds is 7. The largest absolute Gasteiger partial charge is 0.356 e. The summed E-state index contributed by atoms with van der Waals surface area (Å²) in [6.07, 6.45) is 4.41. The maximum Gasteiger partial charge on any atom is 0.243 e. The van der Waals surface area contributed by atoms with Crippen molar-refractivity contribution >= 4 is 41.9 Å². The zero-order chi connectivity index (χ0) is 20.4. The highest BCUT2D eigenvalue weighted by Gasteiger charge is 2.19. The standard InChI is InChI=1S/C22H35N5O.HI/c1-19(2)17-23-22(24-18-21(28)25(3)4)27-15-13-26(14-16-27)12-8-11-20-9-6-5-7-10-20;/h5-11,19H,12-18H2,1-4H3,(H,23,24);1H/b11-8+;. The summed E-state index contributed by atoms with van der Waals surface area (Å²) < 4.78 is 0. The van der Waals surface area contributed by atoms with Crippen LogP contribution >= 0.6 is 24.0 Å². The number of hydrogen-bond donors (Lipinski definition) is 1. The molecule has 0 aliphatic carbocycles. The van der Waals surface area contributed by atoms with Crippen LogP contribution in [0.4, 0.5) is 0 Å². The average molecular weight is 513 g/mol. The van der Waals surface area contributed by atoms with Crippen LogP contribution in [-0.2, 0) is 4.79 Å². The molecular weight excluding hydrogens is 477 g/mol. The molecule has 0 atom stereocenters. The van der Waals surface area contributed by atoms with E-state index in [4.69, 9.17) is 0 Å². The van der Waals surface area contributed by atoms with Gasteiger partial charge < -0.3 is 15.1 Å². The molecule has 2 rings (SSSR count). The SMILES string of the molecule is CC(C)CNC(=NCC(=O)N(C)C)N1CCN(C/C=C/c2ccccc2)CC1.I. The van der Waals surface area contributed by atoms with Crippen LogP contribution in [0.5, 0.6) is 0 Å². The summed E-state index contributed by atoms with van der Waals surface area (Å²) in [6.45, 7) is 10.2. The van der Waals surface area contributed by atoms with Crippen LogP contribution in [0.1, 0.15) is 19.4 Å². The van der Waals surface area contributed by atoms with Gasteiger partial charge in [0.15, 0.2) is 5.96 Å². The van der Waals surface area contributed by atoms with E-state index in [0.29, 0.717) is 5.92 Å². The Hall–Kier alpha value is -1.61. The van der Waals surface area contributed by atoms with Crippen molar-refractivity contribution in [1.29, 1.82) is 0 Å². The number of hydrogen-bond acceptors (Lipinski definition) is 3. The number of nitrogens with zero attached hydrogens (tertiary/aromatic N) is 4. The Morgan fingerprint density at radius 1 is 1.17 bits per heavy atom. The van der Waals surface area contributed by atoms with Crippen molar-refractivity contribution in [3.05, 3.63) is 42.0 Å². The predicted octanol–water partition coefficient (Wildman–Crippen LogP) is 2.63. The van der Waals surface area contributed by atoms with Crippen molar-refractivity contribution in [3.8, 4) is 0 Å². The Bertz CT molecular complexity index is 652. The number of halogens is 1. The van der Waals surface area contributed by atoms with Crippen LogP contribution in [0.3, 0.4) is 0 Å². The van der Waals surface area contributed by atoms with E-state index in [0.717, 1.165) is 45.2 Å². The van der Waals surface area contributed by atoms with E-state index >= 15 is 0 Å². The minimum atomic E-state index is 0. The molecule has 162 valence electrons. The van der Waals surface area contributed by atoms with Gasteiger partial charge in [0.2, 0.25) is 5.91 Å². The van der Waals surface area contributed by atoms with Crippen molar-refractivity contribution in [2.75, 3.05) is 59.9 Å². The topological polar surface area (TPSA) is 51.2 Å². The number of likely N-dealkylation sites (N-methyl/N-ethyl adjacent to an activating group) is 1. The molecular formula is C22H36IN5O. The fraction of sp³-hybridized carbons (Fsp3) is 0.545. The normalized spacial score (nSPS) is 15.5. The van der Waals surface area contributed by atoms with Gasteiger partial charge in [0.25, 0.3) is 0 Å². The lowest BCUT2D eigenvalue weighted by atomic mass is 10.2. The van der Waals surface area contributed by atoms with Crippen LogP contribution in [0.2, 0.25) is 0 Å². The number of carbonyl (C=O) groups excluding carboxylic acids is 1. The molecule has 0 radical (unpaired) electrons. The van der Waals surface area contributed by atoms with Gasteiger partial charge >= 0.3 is 0 Å². The van der Waals surface area contributed by atoms with Crippen LogP contribution < -0.4 is 5.32 Å². The van der Waals surface area contributed by atoms with E-state index < -0.39 is 0 Å². The predicted molar refractivity (Wildman–Crippen MR) is 133 cm³/mol. The number of amides is 1. The summed E-state index contributed by atoms with van der Waals surface area (Å²) in [5, 5.41) is 3.44. The molecule has 6 nitrogen and oxygen atoms in total. The van der Waals surface area contributed by atoms with E-state index in [1.54, 1.807) is 19.0 Å². The lowest BCUT2D eigenvalue weighted by Crippen LogP contribution is -2.53. The molecule has 1 heterocycles. The molecule has 0 spiro atoms. The summed E-state index contributed by atoms with van der Waals surface area (Å²) >= 11 is 0. The molecule has 0 aromatic heterocycles. The van der Waals surface area contributed by atoms with E-state index in [-0.39, 0.29) is 36.4 Å². The van der Waals surface area contributed by atoms with Gasteiger partial charge in [-0.3, -0.25) is 9.69 Å². The third-order valence-electron chi connectivity index (χ3n) is 4.68. The van der Waals surface area contributed by atoms with Crippen molar-refractivity contribution in [2.45, 2.75) is 13.8 Å². The quantitative estimate of drug-likeness (QED) is 0.346. The molecule has 0 unspecified atom stereocenters. The fourth-order valence-corrected chi connectivity index (χ4v) is 2.89. The van der Waals surface area contributed by atoms with E-state index in [2.05, 4.69) is 70.4 Å². The molecule has 1 saturated heterocycles. The van der Waals surface area contributed by atoms with E-state index in [9.17, 15) is 4.79 Å². The second-order valence-corrected chi connectivity index (χ2v) is 7.80. The summed E-state index contributed by atoms with van der Waals surface area (Å²) in [5.74, 6) is 1.40. The van der Waals surface area contributed by atoms with E-state index in [1.165, 1.54) is 5.56 Å². The van der Waals surface area contributed by atoms with Crippen molar-refractivity contribution in [3.63, 3.8) is 0 Å². The number of benzene rings is 1. The Balaban J connectivity index is 0.00000420. The monoisotopic (exact) mass is 513 g/mol. The van der Waals surface area contributed by atoms with Crippen LogP contribution in [-0.4, -0.2) is 86.5 Å². The third kappa shape index (κ3) is 9.62. The average Bonchev–Trinajstić information content (AvgIpc) is 2.69. The number of nitrogens with one attached hydrogen (secondary N) is 1. The Morgan fingerprint density at radius 3 is 2.41 bits per heavy atom. The highest BCUT2D eigenvalue weighted by molar-refractivity contribution is 14.0. The molecule has 1 fully saturated rings. The van der Waals surface area contributed by atoms with Gasteiger partial charge in [-0.2, -0.15) is 0 Å². The van der Waals surface area contributed by atoms with E-state index in [1.807, 2.05) is 6.07 Å². The van der Waals surface area contributed by atoms with Crippen molar-refractivity contribution < 1.29 is 4.79 Å². The molecule has 1 aliphatic heterocycles. The second kappa shape index (κ2) is 13.6. The van der Waals surface area contributed by atoms with Gasteiger partial charge in [-0.05, 0) is 11.5 Å². The fourth-order valence-electron chi connectivity index (χ4n) is 2.89. The minimum Gasteiger partial charge on any atom is -0.356 e. The molecule has 29 heavy (non-hydrogen) atoms. The van der Waals surface area contributed by atoms with Crippen molar-refractivity contribution in [1.82, 2.24) is 20.0 Å². The van der Waals surface area contributed by atoms with Gasteiger partial charge in [-0.25, -0.2) is 4.99 Å². The zero-order valence-electron chi connectivity index (χ0n) is 18.2. The summed E-state index contributed by atoms with van der Waals surface area (Å²) in [4.78, 5) is 22.8. The Morgan fingerprint density at radius 2 is 1.83 bits per heavy atom. The van der Waals surface area contributed by atoms with Gasteiger partial charge in [0, 0.05) is 53.4 Å². The van der Waals surface area contributed by atoms with Crippen molar-refractivity contribution in [2.24, 2.45) is 10.9 Å². The third-order valence-corrected chi connectivity index (χ3v) is 4.68. The van der Waals surface area contributed by atoms with Gasteiger partial charge in [-0.1, -0.05) is 56.3 Å². The maximum absolute atomic E-state index is 11.9. The summed E-state index contributed by atoms with van der Waals surface area (Å²) in [7, 11) is 3.53. The number of aliphatic imine (C=N–C) groups is 1. The molecule has 1 aromatic rings. The zero-order valence-corrected chi connectivity index (χ0v) is 20.5. The number of guanidine groups is 1. The van der Waals surface area contributed by atoms with Gasteiger partial charge in [0.1, 0.15) is 6.54 Å². The van der Waals surface area contributed by atoms with Gasteiger partial charge in [-0.15, -0.1) is 24.0 Å². The first kappa shape index (κ1) is 25.4. The highest BCUT2D eigenvalue weighted by atomic mass is 127. The minimum absolute atomic E-state index is 0. The molecule has 0 saturated carbocycles. The smallest absolute Gasteiger partial charge is 0.243 e. The van der Waals surface area contributed by atoms with Gasteiger partial charge in [0.05, 0.1) is 0 Å². The lowest BCUT2D eigenvalue weighted by Gasteiger charge is -2.36. The molecule has 1 aliphatic rings. The first-order chi connectivity index (χ1) is 13.5. The Labute approximate surface area is 193 Å². The summed E-state index contributed by atoms with van der Waals surface area (Å²) in [5.41, 5.74) is 1.24. The number of carbonyl (C=O) groups is 1. The highest BCUT2D eigenvalue weighted by Crippen LogP contribution is 2.05. The van der Waals surface area contributed by atoms with Crippen LogP contribution in [0.25, 0.3) is 6.08 Å². The summed E-state index contributed by atoms with van der Waals surface area (Å²) in [6, 6.07) is 10.4. The lowest BCUT2D eigenvalue weighted by molar-refractivity contribution is -0.127. The second-order valence-electron chi connectivity index (χ2n) is 7.80. The molecule has 1 aromatic carbocycles. The van der Waals surface area contributed by atoms with Crippen LogP contribution in [0.15, 0.2) is 41.4 Å². The maximum atomic E-state index is 11.9. The van der Waals surface area contributed by atoms with Crippen LogP contribution in [0, 0.1) is 5.92 Å². The molecule has 1 N–H and O–H groups in total. The molecule has 7 heteroatoms. The Kier molecular flexibility index (Phi) is 11.9. The first-order valence-electron chi connectivity index (χ1n) is 10.1. The molecule has 0 bridgehead atoms.